The van der Waals surface area contributed by atoms with Crippen molar-refractivity contribution in [1.82, 2.24) is 0 Å². The molecule has 0 aliphatic heterocycles. The maximum Gasteiger partial charge on any atom is 0.152 e. The van der Waals surface area contributed by atoms with Crippen LogP contribution in [0.1, 0.15) is 56.3 Å². The van der Waals surface area contributed by atoms with E-state index in [0.717, 1.165) is 59.1 Å². The van der Waals surface area contributed by atoms with E-state index < -0.39 is 0 Å². The van der Waals surface area contributed by atoms with Gasteiger partial charge < -0.3 is 15.4 Å². The number of carbonyl (C=O) groups is 1. The third-order valence-corrected chi connectivity index (χ3v) is 7.68. The topological polar surface area (TPSA) is 50.4 Å². The van der Waals surface area contributed by atoms with Gasteiger partial charge in [-0.1, -0.05) is 26.0 Å². The van der Waals surface area contributed by atoms with Crippen molar-refractivity contribution in [2.75, 3.05) is 17.2 Å². The Kier molecular flexibility index (Phi) is 6.81. The summed E-state index contributed by atoms with van der Waals surface area (Å²) in [6, 6.07) is 23.8. The average Bonchev–Trinajstić information content (AvgIpc) is 2.84. The molecule has 0 amide bonds. The van der Waals surface area contributed by atoms with Crippen LogP contribution in [0.15, 0.2) is 72.8 Å². The summed E-state index contributed by atoms with van der Waals surface area (Å²) in [5.74, 6) is 3.61. The average molecular weight is 469 g/mol. The molecular weight excluding hydrogens is 432 g/mol. The molecule has 2 bridgehead atoms. The van der Waals surface area contributed by atoms with Gasteiger partial charge in [-0.15, -0.1) is 0 Å². The number of aldehydes is 1. The predicted molar refractivity (Wildman–Crippen MR) is 144 cm³/mol. The molecule has 2 aliphatic rings. The van der Waals surface area contributed by atoms with Gasteiger partial charge in [-0.2, -0.15) is 0 Å². The van der Waals surface area contributed by atoms with Crippen LogP contribution in [0.4, 0.5) is 22.7 Å². The lowest BCUT2D eigenvalue weighted by Crippen LogP contribution is -2.39. The van der Waals surface area contributed by atoms with E-state index in [4.69, 9.17) is 4.74 Å². The van der Waals surface area contributed by atoms with Gasteiger partial charge in [-0.05, 0) is 111 Å². The molecule has 5 rings (SSSR count). The molecule has 182 valence electrons. The largest absolute Gasteiger partial charge is 0.493 e. The van der Waals surface area contributed by atoms with Crippen molar-refractivity contribution in [3.05, 3.63) is 78.4 Å². The van der Waals surface area contributed by atoms with Crippen molar-refractivity contribution >= 4 is 29.0 Å². The number of benzene rings is 3. The maximum absolute atomic E-state index is 11.2. The lowest BCUT2D eigenvalue weighted by atomic mass is 9.60. The van der Waals surface area contributed by atoms with Crippen LogP contribution in [-0.2, 0) is 0 Å². The van der Waals surface area contributed by atoms with Gasteiger partial charge in [0.15, 0.2) is 6.29 Å². The van der Waals surface area contributed by atoms with E-state index in [1.165, 1.54) is 32.1 Å². The first kappa shape index (κ1) is 23.5. The van der Waals surface area contributed by atoms with Gasteiger partial charge in [0.25, 0.3) is 0 Å². The molecule has 4 nitrogen and oxygen atoms in total. The zero-order chi connectivity index (χ0) is 24.3. The number of carbonyl (C=O) groups excluding carboxylic acids is 1. The molecule has 2 fully saturated rings. The fourth-order valence-corrected chi connectivity index (χ4v) is 6.39. The first-order valence-electron chi connectivity index (χ1n) is 12.9. The number of para-hydroxylation sites is 1. The summed E-state index contributed by atoms with van der Waals surface area (Å²) in [6.45, 7) is 5.66. The highest BCUT2D eigenvalue weighted by Gasteiger charge is 2.41. The number of hydrogen-bond donors (Lipinski definition) is 2. The van der Waals surface area contributed by atoms with Crippen LogP contribution in [0.25, 0.3) is 0 Å². The Morgan fingerprint density at radius 3 is 2.03 bits per heavy atom. The molecule has 2 N–H and O–H groups in total. The predicted octanol–water partition coefficient (Wildman–Crippen LogP) is 8.22. The maximum atomic E-state index is 11.2. The number of ether oxygens (including phenoxy) is 1. The van der Waals surface area contributed by atoms with E-state index in [-0.39, 0.29) is 0 Å². The summed E-state index contributed by atoms with van der Waals surface area (Å²) in [5.41, 5.74) is 4.71. The number of rotatable bonds is 8. The minimum Gasteiger partial charge on any atom is -0.493 e. The van der Waals surface area contributed by atoms with E-state index in [2.05, 4.69) is 48.7 Å². The third-order valence-electron chi connectivity index (χ3n) is 7.68. The van der Waals surface area contributed by atoms with Crippen molar-refractivity contribution in [3.8, 4) is 5.75 Å². The molecule has 2 saturated carbocycles. The van der Waals surface area contributed by atoms with E-state index in [9.17, 15) is 4.79 Å². The fourth-order valence-electron chi connectivity index (χ4n) is 6.39. The number of fused-ring (bicyclic) bond motifs is 2. The summed E-state index contributed by atoms with van der Waals surface area (Å²) < 4.78 is 6.28. The van der Waals surface area contributed by atoms with Crippen LogP contribution in [0.5, 0.6) is 5.75 Å². The summed E-state index contributed by atoms with van der Waals surface area (Å²) in [6.07, 6.45) is 7.71. The van der Waals surface area contributed by atoms with Gasteiger partial charge in [0, 0.05) is 33.7 Å². The smallest absolute Gasteiger partial charge is 0.152 e. The molecular formula is C31H36N2O2. The molecule has 2 aliphatic carbocycles. The van der Waals surface area contributed by atoms with Crippen molar-refractivity contribution in [3.63, 3.8) is 0 Å². The van der Waals surface area contributed by atoms with Crippen molar-refractivity contribution in [2.24, 2.45) is 23.2 Å². The SMILES string of the molecule is CC1CC2CC(C1)CC(C)(COc1ccc(Nc3ccc(Nc4ccccc4C=O)cc3)cc1)C2. The molecule has 3 aromatic rings. The van der Waals surface area contributed by atoms with E-state index in [1.54, 1.807) is 6.07 Å². The molecule has 2 atom stereocenters. The second-order valence-corrected chi connectivity index (χ2v) is 11.1. The van der Waals surface area contributed by atoms with Crippen LogP contribution in [0.3, 0.4) is 0 Å². The Bertz CT molecular complexity index is 1120. The Balaban J connectivity index is 1.14. The summed E-state index contributed by atoms with van der Waals surface area (Å²) in [7, 11) is 0. The monoisotopic (exact) mass is 468 g/mol. The molecule has 0 spiro atoms. The molecule has 0 radical (unpaired) electrons. The normalized spacial score (nSPS) is 25.5. The quantitative estimate of drug-likeness (QED) is 0.327. The Morgan fingerprint density at radius 2 is 1.40 bits per heavy atom. The van der Waals surface area contributed by atoms with Gasteiger partial charge in [0.1, 0.15) is 5.75 Å². The van der Waals surface area contributed by atoms with Gasteiger partial charge in [-0.3, -0.25) is 4.79 Å². The van der Waals surface area contributed by atoms with Crippen LogP contribution in [0, 0.1) is 23.2 Å². The van der Waals surface area contributed by atoms with Gasteiger partial charge >= 0.3 is 0 Å². The first-order valence-corrected chi connectivity index (χ1v) is 12.9. The highest BCUT2D eigenvalue weighted by molar-refractivity contribution is 5.86. The molecule has 0 heterocycles. The van der Waals surface area contributed by atoms with Crippen molar-refractivity contribution < 1.29 is 9.53 Å². The Hall–Kier alpha value is -3.27. The fraction of sp³-hybridized carbons (Fsp3) is 0.387. The first-order chi connectivity index (χ1) is 17.0. The van der Waals surface area contributed by atoms with E-state index in [1.807, 2.05) is 42.5 Å². The molecule has 35 heavy (non-hydrogen) atoms. The van der Waals surface area contributed by atoms with Gasteiger partial charge in [-0.25, -0.2) is 0 Å². The number of nitrogens with one attached hydrogen (secondary N) is 2. The third kappa shape index (κ3) is 5.87. The molecule has 0 aromatic heterocycles. The highest BCUT2D eigenvalue weighted by atomic mass is 16.5. The Labute approximate surface area is 209 Å². The minimum absolute atomic E-state index is 0.298. The van der Waals surface area contributed by atoms with Gasteiger partial charge in [0.05, 0.1) is 6.61 Å². The molecule has 3 aromatic carbocycles. The van der Waals surface area contributed by atoms with Crippen LogP contribution in [-0.4, -0.2) is 12.9 Å². The van der Waals surface area contributed by atoms with Crippen LogP contribution in [0.2, 0.25) is 0 Å². The zero-order valence-electron chi connectivity index (χ0n) is 20.8. The van der Waals surface area contributed by atoms with Crippen LogP contribution < -0.4 is 15.4 Å². The summed E-state index contributed by atoms with van der Waals surface area (Å²) in [5, 5.41) is 6.75. The Morgan fingerprint density at radius 1 is 0.829 bits per heavy atom. The molecule has 0 saturated heterocycles. The van der Waals surface area contributed by atoms with Crippen molar-refractivity contribution in [1.29, 1.82) is 0 Å². The molecule has 2 unspecified atom stereocenters. The van der Waals surface area contributed by atoms with Crippen molar-refractivity contribution in [2.45, 2.75) is 46.0 Å². The second-order valence-electron chi connectivity index (χ2n) is 11.1. The number of anilines is 4. The minimum atomic E-state index is 0.298. The zero-order valence-corrected chi connectivity index (χ0v) is 20.8. The second kappa shape index (κ2) is 10.2. The van der Waals surface area contributed by atoms with Gasteiger partial charge in [0.2, 0.25) is 0 Å². The summed E-state index contributed by atoms with van der Waals surface area (Å²) >= 11 is 0. The van der Waals surface area contributed by atoms with E-state index >= 15 is 0 Å². The van der Waals surface area contributed by atoms with Crippen LogP contribution >= 0.6 is 0 Å². The summed E-state index contributed by atoms with van der Waals surface area (Å²) in [4.78, 5) is 11.2. The lowest BCUT2D eigenvalue weighted by Gasteiger charge is -2.47. The van der Waals surface area contributed by atoms with E-state index in [0.29, 0.717) is 11.0 Å². The molecule has 4 heteroatoms. The highest BCUT2D eigenvalue weighted by Crippen LogP contribution is 2.50. The standard InChI is InChI=1S/C31H36N2O2/c1-22-15-23-17-24(16-22)19-31(2,18-23)21-35-29-13-11-27(12-14-29)32-26-7-9-28(10-8-26)33-30-6-4-3-5-25(30)20-34/h3-14,20,22-24,32-33H,15-19,21H2,1-2H3. The number of hydrogen-bond acceptors (Lipinski definition) is 4. The lowest BCUT2D eigenvalue weighted by molar-refractivity contribution is 0.0146.